The first-order valence-corrected chi connectivity index (χ1v) is 9.93. The Balaban J connectivity index is 1.78. The highest BCUT2D eigenvalue weighted by Crippen LogP contribution is 2.38. The Morgan fingerprint density at radius 3 is 2.81 bits per heavy atom. The van der Waals surface area contributed by atoms with Crippen molar-refractivity contribution in [2.45, 2.75) is 45.6 Å². The number of aryl methyl sites for hydroxylation is 3. The van der Waals surface area contributed by atoms with Crippen molar-refractivity contribution in [1.82, 2.24) is 15.1 Å². The van der Waals surface area contributed by atoms with Crippen LogP contribution in [0.1, 0.15) is 57.9 Å². The van der Waals surface area contributed by atoms with Crippen molar-refractivity contribution in [2.75, 3.05) is 12.4 Å². The Kier molecular flexibility index (Phi) is 5.62. The molecule has 0 radical (unpaired) electrons. The molecule has 1 aliphatic carbocycles. The number of nitrogens with zero attached hydrogens (tertiary/aromatic N) is 2. The Bertz CT molecular complexity index is 841. The number of fused-ring (bicyclic) bond motifs is 1. The van der Waals surface area contributed by atoms with Gasteiger partial charge in [-0.3, -0.25) is 4.68 Å². The molecule has 0 saturated carbocycles. The molecule has 26 heavy (non-hydrogen) atoms. The lowest BCUT2D eigenvalue weighted by Crippen LogP contribution is -2.31. The van der Waals surface area contributed by atoms with Crippen LogP contribution < -0.4 is 10.6 Å². The summed E-state index contributed by atoms with van der Waals surface area (Å²) in [6.07, 6.45) is 6.18. The molecule has 0 spiro atoms. The summed E-state index contributed by atoms with van der Waals surface area (Å²) in [5.41, 5.74) is 3.82. The van der Waals surface area contributed by atoms with E-state index < -0.39 is 0 Å². The lowest BCUT2D eigenvalue weighted by Gasteiger charge is -2.16. The number of ether oxygens (including phenoxy) is 1. The number of esters is 1. The SMILES string of the molecule is COC(=O)c1c(NC(=S)NC(C)c2cn(C)nc2C)sc2c1CCCC2. The van der Waals surface area contributed by atoms with Crippen LogP contribution in [0.15, 0.2) is 6.20 Å². The zero-order valence-electron chi connectivity index (χ0n) is 15.5. The molecule has 2 heterocycles. The minimum Gasteiger partial charge on any atom is -0.465 e. The maximum atomic E-state index is 12.3. The van der Waals surface area contributed by atoms with Gasteiger partial charge in [-0.15, -0.1) is 11.3 Å². The molecule has 3 rings (SSSR count). The number of methoxy groups -OCH3 is 1. The number of carbonyl (C=O) groups excluding carboxylic acids is 1. The van der Waals surface area contributed by atoms with Crippen molar-refractivity contribution in [3.63, 3.8) is 0 Å². The Morgan fingerprint density at radius 1 is 1.42 bits per heavy atom. The van der Waals surface area contributed by atoms with E-state index in [2.05, 4.69) is 15.7 Å². The minimum absolute atomic E-state index is 0.0138. The summed E-state index contributed by atoms with van der Waals surface area (Å²) in [6, 6.07) is 0.0138. The highest BCUT2D eigenvalue weighted by atomic mass is 32.1. The van der Waals surface area contributed by atoms with Gasteiger partial charge in [0.05, 0.1) is 24.4 Å². The van der Waals surface area contributed by atoms with Gasteiger partial charge in [0.2, 0.25) is 0 Å². The zero-order chi connectivity index (χ0) is 18.8. The van der Waals surface area contributed by atoms with E-state index >= 15 is 0 Å². The molecule has 0 aromatic carbocycles. The average molecular weight is 393 g/mol. The highest BCUT2D eigenvalue weighted by Gasteiger charge is 2.26. The van der Waals surface area contributed by atoms with Gasteiger partial charge in [0.25, 0.3) is 0 Å². The van der Waals surface area contributed by atoms with Crippen LogP contribution in [0.3, 0.4) is 0 Å². The molecular weight excluding hydrogens is 368 g/mol. The molecule has 1 atom stereocenters. The van der Waals surface area contributed by atoms with Gasteiger partial charge in [-0.25, -0.2) is 4.79 Å². The standard InChI is InChI=1S/C18H24N4O2S2/c1-10(13-9-22(3)21-11(13)2)19-18(25)20-16-15(17(23)24-4)12-7-5-6-8-14(12)26-16/h9-10H,5-8H2,1-4H3,(H2,19,20,25). The monoisotopic (exact) mass is 392 g/mol. The van der Waals surface area contributed by atoms with Gasteiger partial charge in [-0.05, 0) is 57.3 Å². The Labute approximate surface area is 162 Å². The molecule has 2 aromatic rings. The molecule has 0 saturated heterocycles. The maximum absolute atomic E-state index is 12.3. The molecule has 0 amide bonds. The first-order valence-electron chi connectivity index (χ1n) is 8.71. The summed E-state index contributed by atoms with van der Waals surface area (Å²) in [5.74, 6) is -0.300. The van der Waals surface area contributed by atoms with E-state index in [1.54, 1.807) is 16.0 Å². The minimum atomic E-state index is -0.300. The fourth-order valence-corrected chi connectivity index (χ4v) is 5.05. The molecule has 0 bridgehead atoms. The maximum Gasteiger partial charge on any atom is 0.341 e. The van der Waals surface area contributed by atoms with Crippen LogP contribution in [0.5, 0.6) is 0 Å². The van der Waals surface area contributed by atoms with Crippen LogP contribution in [0.25, 0.3) is 0 Å². The van der Waals surface area contributed by atoms with E-state index in [-0.39, 0.29) is 12.0 Å². The third-order valence-corrected chi connectivity index (χ3v) is 6.08. The Morgan fingerprint density at radius 2 is 2.15 bits per heavy atom. The predicted octanol–water partition coefficient (Wildman–Crippen LogP) is 3.50. The van der Waals surface area contributed by atoms with Gasteiger partial charge in [0, 0.05) is 23.7 Å². The summed E-state index contributed by atoms with van der Waals surface area (Å²) in [6.45, 7) is 4.02. The molecule has 6 nitrogen and oxygen atoms in total. The Hall–Kier alpha value is -1.93. The summed E-state index contributed by atoms with van der Waals surface area (Å²) in [7, 11) is 3.32. The smallest absolute Gasteiger partial charge is 0.341 e. The van der Waals surface area contributed by atoms with Gasteiger partial charge in [0.15, 0.2) is 5.11 Å². The highest BCUT2D eigenvalue weighted by molar-refractivity contribution is 7.80. The van der Waals surface area contributed by atoms with E-state index in [0.29, 0.717) is 10.7 Å². The molecule has 2 N–H and O–H groups in total. The molecule has 140 valence electrons. The van der Waals surface area contributed by atoms with Crippen LogP contribution in [-0.4, -0.2) is 28.0 Å². The number of carbonyl (C=O) groups is 1. The summed E-state index contributed by atoms with van der Waals surface area (Å²) in [4.78, 5) is 13.6. The second kappa shape index (κ2) is 7.75. The first-order chi connectivity index (χ1) is 12.4. The zero-order valence-corrected chi connectivity index (χ0v) is 17.1. The number of nitrogens with one attached hydrogen (secondary N) is 2. The molecule has 8 heteroatoms. The van der Waals surface area contributed by atoms with Gasteiger partial charge < -0.3 is 15.4 Å². The number of thiocarbonyl (C=S) groups is 1. The predicted molar refractivity (Wildman–Crippen MR) is 108 cm³/mol. The van der Waals surface area contributed by atoms with Crippen LogP contribution in [0.2, 0.25) is 0 Å². The van der Waals surface area contributed by atoms with Crippen LogP contribution in [0.4, 0.5) is 5.00 Å². The quantitative estimate of drug-likeness (QED) is 0.613. The van der Waals surface area contributed by atoms with Crippen LogP contribution in [-0.2, 0) is 24.6 Å². The van der Waals surface area contributed by atoms with Crippen molar-refractivity contribution in [3.8, 4) is 0 Å². The number of thiophene rings is 1. The van der Waals surface area contributed by atoms with E-state index in [1.165, 1.54) is 12.0 Å². The average Bonchev–Trinajstić information content (AvgIpc) is 3.12. The molecule has 0 aliphatic heterocycles. The van der Waals surface area contributed by atoms with Crippen molar-refractivity contribution in [2.24, 2.45) is 7.05 Å². The van der Waals surface area contributed by atoms with Gasteiger partial charge >= 0.3 is 5.97 Å². The fourth-order valence-electron chi connectivity index (χ4n) is 3.43. The number of rotatable bonds is 4. The van der Waals surface area contributed by atoms with Gasteiger partial charge in [0.1, 0.15) is 5.00 Å². The van der Waals surface area contributed by atoms with Gasteiger partial charge in [-0.1, -0.05) is 0 Å². The molecule has 1 unspecified atom stereocenters. The lowest BCUT2D eigenvalue weighted by atomic mass is 9.95. The van der Waals surface area contributed by atoms with E-state index in [4.69, 9.17) is 17.0 Å². The normalized spacial score (nSPS) is 14.5. The van der Waals surface area contributed by atoms with E-state index in [9.17, 15) is 4.79 Å². The van der Waals surface area contributed by atoms with Gasteiger partial charge in [-0.2, -0.15) is 5.10 Å². The van der Waals surface area contributed by atoms with Crippen molar-refractivity contribution >= 4 is 39.6 Å². The van der Waals surface area contributed by atoms with E-state index in [0.717, 1.165) is 47.5 Å². The summed E-state index contributed by atoms with van der Waals surface area (Å²) >= 11 is 7.10. The molecule has 0 fully saturated rings. The number of anilines is 1. The third-order valence-electron chi connectivity index (χ3n) is 4.65. The summed E-state index contributed by atoms with van der Waals surface area (Å²) < 4.78 is 6.80. The van der Waals surface area contributed by atoms with Crippen LogP contribution >= 0.6 is 23.6 Å². The van der Waals surface area contributed by atoms with Crippen molar-refractivity contribution in [1.29, 1.82) is 0 Å². The molecule has 1 aliphatic rings. The van der Waals surface area contributed by atoms with Crippen LogP contribution in [0, 0.1) is 6.92 Å². The number of aromatic nitrogens is 2. The van der Waals surface area contributed by atoms with E-state index in [1.807, 2.05) is 27.1 Å². The second-order valence-corrected chi connectivity index (χ2v) is 8.08. The molecular formula is C18H24N4O2S2. The number of hydrogen-bond donors (Lipinski definition) is 2. The number of hydrogen-bond acceptors (Lipinski definition) is 5. The topological polar surface area (TPSA) is 68.2 Å². The largest absolute Gasteiger partial charge is 0.465 e. The second-order valence-electron chi connectivity index (χ2n) is 6.57. The fraction of sp³-hybridized carbons (Fsp3) is 0.500. The van der Waals surface area contributed by atoms with Crippen molar-refractivity contribution in [3.05, 3.63) is 33.5 Å². The first kappa shape index (κ1) is 18.8. The third kappa shape index (κ3) is 3.76. The summed E-state index contributed by atoms with van der Waals surface area (Å²) in [5, 5.41) is 12.1. The molecule has 2 aromatic heterocycles. The lowest BCUT2D eigenvalue weighted by molar-refractivity contribution is 0.0601. The van der Waals surface area contributed by atoms with Crippen molar-refractivity contribution < 1.29 is 9.53 Å².